The second-order valence-corrected chi connectivity index (χ2v) is 6.30. The topological polar surface area (TPSA) is 123 Å². The van der Waals surface area contributed by atoms with Crippen molar-refractivity contribution in [2.24, 2.45) is 0 Å². The number of para-hydroxylation sites is 2. The SMILES string of the molecule is COc1ccccc1NC(=O)CCC(=O)OCC(=O)NNC(=O)c1ccccc1Cl. The lowest BCUT2D eigenvalue weighted by Gasteiger charge is -2.10. The van der Waals surface area contributed by atoms with Gasteiger partial charge in [0.05, 0.1) is 29.8 Å². The number of hydrazine groups is 1. The Kier molecular flexibility index (Phi) is 8.64. The normalized spacial score (nSPS) is 9.93. The van der Waals surface area contributed by atoms with E-state index in [1.165, 1.54) is 19.2 Å². The van der Waals surface area contributed by atoms with Crippen LogP contribution in [0.1, 0.15) is 23.2 Å². The number of hydrogen-bond donors (Lipinski definition) is 3. The predicted molar refractivity (Wildman–Crippen MR) is 109 cm³/mol. The summed E-state index contributed by atoms with van der Waals surface area (Å²) in [5.74, 6) is -2.02. The maximum absolute atomic E-state index is 12.0. The van der Waals surface area contributed by atoms with Gasteiger partial charge in [0.1, 0.15) is 5.75 Å². The number of amides is 3. The van der Waals surface area contributed by atoms with E-state index >= 15 is 0 Å². The largest absolute Gasteiger partial charge is 0.495 e. The van der Waals surface area contributed by atoms with Gasteiger partial charge in [0.25, 0.3) is 11.8 Å². The number of methoxy groups -OCH3 is 1. The Hall–Kier alpha value is -3.59. The van der Waals surface area contributed by atoms with Crippen LogP contribution in [0.15, 0.2) is 48.5 Å². The Morgan fingerprint density at radius 2 is 1.60 bits per heavy atom. The van der Waals surface area contributed by atoms with Gasteiger partial charge in [-0.15, -0.1) is 0 Å². The molecular formula is C20H20ClN3O6. The van der Waals surface area contributed by atoms with Gasteiger partial charge in [-0.1, -0.05) is 35.9 Å². The van der Waals surface area contributed by atoms with Crippen molar-refractivity contribution in [3.05, 3.63) is 59.1 Å². The third-order valence-electron chi connectivity index (χ3n) is 3.74. The molecule has 9 nitrogen and oxygen atoms in total. The highest BCUT2D eigenvalue weighted by Gasteiger charge is 2.14. The summed E-state index contributed by atoms with van der Waals surface area (Å²) in [7, 11) is 1.48. The Bertz CT molecular complexity index is 934. The molecule has 2 aromatic carbocycles. The molecule has 0 saturated carbocycles. The van der Waals surface area contributed by atoms with Crippen molar-refractivity contribution in [3.8, 4) is 5.75 Å². The highest BCUT2D eigenvalue weighted by Crippen LogP contribution is 2.23. The van der Waals surface area contributed by atoms with E-state index in [0.29, 0.717) is 11.4 Å². The number of ether oxygens (including phenoxy) is 2. The van der Waals surface area contributed by atoms with E-state index < -0.39 is 30.3 Å². The van der Waals surface area contributed by atoms with Crippen molar-refractivity contribution >= 4 is 41.0 Å². The fourth-order valence-corrected chi connectivity index (χ4v) is 2.49. The molecule has 30 heavy (non-hydrogen) atoms. The van der Waals surface area contributed by atoms with E-state index in [-0.39, 0.29) is 23.4 Å². The molecule has 0 heterocycles. The van der Waals surface area contributed by atoms with Crippen LogP contribution in [0.25, 0.3) is 0 Å². The van der Waals surface area contributed by atoms with Gasteiger partial charge in [0, 0.05) is 6.42 Å². The Labute approximate surface area is 177 Å². The van der Waals surface area contributed by atoms with E-state index in [0.717, 1.165) is 0 Å². The van der Waals surface area contributed by atoms with Crippen LogP contribution in [0.4, 0.5) is 5.69 Å². The number of esters is 1. The summed E-state index contributed by atoms with van der Waals surface area (Å²) in [6.45, 7) is -0.615. The monoisotopic (exact) mass is 433 g/mol. The number of carbonyl (C=O) groups excluding carboxylic acids is 4. The standard InChI is InChI=1S/C20H20ClN3O6/c1-29-16-9-5-4-8-15(16)22-17(25)10-11-19(27)30-12-18(26)23-24-20(28)13-6-2-3-7-14(13)21/h2-9H,10-12H2,1H3,(H,22,25)(H,23,26)(H,24,28). The Morgan fingerprint density at radius 1 is 0.900 bits per heavy atom. The van der Waals surface area contributed by atoms with Gasteiger partial charge in [-0.2, -0.15) is 0 Å². The van der Waals surface area contributed by atoms with E-state index in [1.54, 1.807) is 36.4 Å². The summed E-state index contributed by atoms with van der Waals surface area (Å²) in [4.78, 5) is 47.3. The minimum Gasteiger partial charge on any atom is -0.495 e. The van der Waals surface area contributed by atoms with Crippen LogP contribution in [0.2, 0.25) is 5.02 Å². The molecule has 0 fully saturated rings. The van der Waals surface area contributed by atoms with Crippen LogP contribution in [0.3, 0.4) is 0 Å². The van der Waals surface area contributed by atoms with Crippen LogP contribution in [0.5, 0.6) is 5.75 Å². The molecule has 0 aliphatic carbocycles. The van der Waals surface area contributed by atoms with E-state index in [1.807, 2.05) is 0 Å². The molecule has 158 valence electrons. The second-order valence-electron chi connectivity index (χ2n) is 5.89. The highest BCUT2D eigenvalue weighted by atomic mass is 35.5. The number of rotatable bonds is 8. The van der Waals surface area contributed by atoms with Gasteiger partial charge in [-0.05, 0) is 24.3 Å². The van der Waals surface area contributed by atoms with Crippen molar-refractivity contribution in [1.82, 2.24) is 10.9 Å². The number of anilines is 1. The molecule has 3 N–H and O–H groups in total. The average molecular weight is 434 g/mol. The third-order valence-corrected chi connectivity index (χ3v) is 4.07. The fourth-order valence-electron chi connectivity index (χ4n) is 2.27. The van der Waals surface area contributed by atoms with Crippen molar-refractivity contribution in [3.63, 3.8) is 0 Å². The zero-order chi connectivity index (χ0) is 21.9. The number of hydrogen-bond acceptors (Lipinski definition) is 6. The van der Waals surface area contributed by atoms with Crippen LogP contribution in [-0.4, -0.2) is 37.4 Å². The molecule has 0 bridgehead atoms. The molecule has 0 atom stereocenters. The smallest absolute Gasteiger partial charge is 0.306 e. The molecule has 2 rings (SSSR count). The molecule has 0 aliphatic rings. The first-order chi connectivity index (χ1) is 14.4. The minimum absolute atomic E-state index is 0.137. The molecule has 0 aliphatic heterocycles. The van der Waals surface area contributed by atoms with Crippen LogP contribution < -0.4 is 20.9 Å². The Balaban J connectivity index is 1.67. The molecule has 2 aromatic rings. The van der Waals surface area contributed by atoms with E-state index in [9.17, 15) is 19.2 Å². The summed E-state index contributed by atoms with van der Waals surface area (Å²) in [6, 6.07) is 13.1. The quantitative estimate of drug-likeness (QED) is 0.432. The van der Waals surface area contributed by atoms with Gasteiger partial charge in [0.2, 0.25) is 5.91 Å². The number of carbonyl (C=O) groups is 4. The maximum Gasteiger partial charge on any atom is 0.306 e. The van der Waals surface area contributed by atoms with Gasteiger partial charge >= 0.3 is 5.97 Å². The lowest BCUT2D eigenvalue weighted by molar-refractivity contribution is -0.149. The molecule has 0 aromatic heterocycles. The summed E-state index contributed by atoms with van der Waals surface area (Å²) < 4.78 is 9.90. The highest BCUT2D eigenvalue weighted by molar-refractivity contribution is 6.33. The summed E-state index contributed by atoms with van der Waals surface area (Å²) in [5.41, 5.74) is 4.92. The minimum atomic E-state index is -0.748. The number of nitrogens with one attached hydrogen (secondary N) is 3. The first kappa shape index (κ1) is 22.7. The second kappa shape index (κ2) is 11.4. The summed E-state index contributed by atoms with van der Waals surface area (Å²) in [5, 5.41) is 2.85. The summed E-state index contributed by atoms with van der Waals surface area (Å²) in [6.07, 6.45) is -0.359. The van der Waals surface area contributed by atoms with Crippen LogP contribution >= 0.6 is 11.6 Å². The summed E-state index contributed by atoms with van der Waals surface area (Å²) >= 11 is 5.88. The van der Waals surface area contributed by atoms with E-state index in [2.05, 4.69) is 16.2 Å². The van der Waals surface area contributed by atoms with Crippen LogP contribution in [0, 0.1) is 0 Å². The van der Waals surface area contributed by atoms with Crippen molar-refractivity contribution < 1.29 is 28.7 Å². The molecular weight excluding hydrogens is 414 g/mol. The zero-order valence-electron chi connectivity index (χ0n) is 16.1. The van der Waals surface area contributed by atoms with Crippen molar-refractivity contribution in [1.29, 1.82) is 0 Å². The lowest BCUT2D eigenvalue weighted by Crippen LogP contribution is -2.43. The fraction of sp³-hybridized carbons (Fsp3) is 0.200. The lowest BCUT2D eigenvalue weighted by atomic mass is 10.2. The van der Waals surface area contributed by atoms with Crippen molar-refractivity contribution in [2.45, 2.75) is 12.8 Å². The predicted octanol–water partition coefficient (Wildman–Crippen LogP) is 2.07. The first-order valence-electron chi connectivity index (χ1n) is 8.83. The first-order valence-corrected chi connectivity index (χ1v) is 9.20. The molecule has 0 spiro atoms. The molecule has 3 amide bonds. The zero-order valence-corrected chi connectivity index (χ0v) is 16.8. The van der Waals surface area contributed by atoms with Gasteiger partial charge in [0.15, 0.2) is 6.61 Å². The molecule has 0 unspecified atom stereocenters. The Morgan fingerprint density at radius 3 is 2.33 bits per heavy atom. The van der Waals surface area contributed by atoms with Crippen LogP contribution in [-0.2, 0) is 19.1 Å². The van der Waals surface area contributed by atoms with Gasteiger partial charge in [-0.25, -0.2) is 0 Å². The molecule has 10 heteroatoms. The third kappa shape index (κ3) is 7.10. The maximum atomic E-state index is 12.0. The van der Waals surface area contributed by atoms with Gasteiger partial charge in [-0.3, -0.25) is 30.0 Å². The van der Waals surface area contributed by atoms with Crippen molar-refractivity contribution in [2.75, 3.05) is 19.0 Å². The van der Waals surface area contributed by atoms with Gasteiger partial charge < -0.3 is 14.8 Å². The average Bonchev–Trinajstić information content (AvgIpc) is 2.75. The number of halogens is 1. The number of benzene rings is 2. The molecule has 0 radical (unpaired) electrons. The van der Waals surface area contributed by atoms with E-state index in [4.69, 9.17) is 21.1 Å². The molecule has 0 saturated heterocycles.